The van der Waals surface area contributed by atoms with Crippen LogP contribution in [-0.4, -0.2) is 29.6 Å². The van der Waals surface area contributed by atoms with Gasteiger partial charge in [-0.15, -0.1) is 0 Å². The topological polar surface area (TPSA) is 85.0 Å². The first kappa shape index (κ1) is 7.67. The van der Waals surface area contributed by atoms with E-state index in [9.17, 15) is 10.0 Å². The molecule has 6 heteroatoms. The Kier molecular flexibility index (Phi) is 3.11. The van der Waals surface area contributed by atoms with E-state index in [1.165, 1.54) is 0 Å². The highest BCUT2D eigenvalue weighted by Crippen LogP contribution is 1.75. The van der Waals surface area contributed by atoms with Gasteiger partial charge in [-0.05, 0) is 4.86 Å². The van der Waals surface area contributed by atoms with E-state index < -0.39 is 12.5 Å². The molecule has 0 spiro atoms. The highest BCUT2D eigenvalue weighted by atomic mass is 16.7. The molecule has 0 aliphatic carbocycles. The molecule has 0 unspecified atom stereocenters. The van der Waals surface area contributed by atoms with Crippen molar-refractivity contribution in [3.05, 3.63) is 5.21 Å². The van der Waals surface area contributed by atoms with Crippen LogP contribution >= 0.6 is 0 Å². The van der Waals surface area contributed by atoms with Crippen molar-refractivity contribution < 1.29 is 19.6 Å². The molecule has 52 valence electrons. The van der Waals surface area contributed by atoms with E-state index in [0.717, 1.165) is 7.11 Å². The molecule has 0 saturated heterocycles. The van der Waals surface area contributed by atoms with Crippen LogP contribution in [0.1, 0.15) is 0 Å². The summed E-state index contributed by atoms with van der Waals surface area (Å²) >= 11 is 0. The molecule has 9 heavy (non-hydrogen) atoms. The Morgan fingerprint density at radius 3 is 2.89 bits per heavy atom. The number of carboxylic acids is 1. The van der Waals surface area contributed by atoms with Crippen LogP contribution in [0.2, 0.25) is 0 Å². The molecule has 0 aromatic rings. The highest BCUT2D eigenvalue weighted by Gasteiger charge is 2.03. The fourth-order valence-electron chi connectivity index (χ4n) is 0.236. The van der Waals surface area contributed by atoms with E-state index in [1.807, 2.05) is 0 Å². The van der Waals surface area contributed by atoms with Crippen molar-refractivity contribution >= 4 is 5.97 Å². The maximum Gasteiger partial charge on any atom is 0.373 e. The van der Waals surface area contributed by atoms with E-state index >= 15 is 0 Å². The standard InChI is InChI=1S/C3H6N2O4/c1-9-4-5(8)2-3(6)7/h2H2,1H3,(H,6,7). The van der Waals surface area contributed by atoms with Gasteiger partial charge in [0.05, 0.1) is 0 Å². The summed E-state index contributed by atoms with van der Waals surface area (Å²) in [6.45, 7) is -0.701. The van der Waals surface area contributed by atoms with Gasteiger partial charge in [0.15, 0.2) is 5.28 Å². The summed E-state index contributed by atoms with van der Waals surface area (Å²) in [7, 11) is 1.16. The molecule has 0 atom stereocenters. The number of hydrogen-bond acceptors (Lipinski definition) is 4. The van der Waals surface area contributed by atoms with E-state index in [4.69, 9.17) is 5.11 Å². The minimum absolute atomic E-state index is 0.0671. The lowest BCUT2D eigenvalue weighted by atomic mass is 10.7. The summed E-state index contributed by atoms with van der Waals surface area (Å²) in [5.74, 6) is -1.24. The monoisotopic (exact) mass is 134 g/mol. The van der Waals surface area contributed by atoms with Gasteiger partial charge in [0.2, 0.25) is 0 Å². The van der Waals surface area contributed by atoms with E-state index in [-0.39, 0.29) is 4.86 Å². The fraction of sp³-hybridized carbons (Fsp3) is 0.667. The van der Waals surface area contributed by atoms with Crippen LogP contribution in [0.3, 0.4) is 0 Å². The number of hydroxylamine groups is 1. The molecular formula is C3H6N2O4. The molecule has 0 radical (unpaired) electrons. The van der Waals surface area contributed by atoms with Gasteiger partial charge in [-0.1, -0.05) is 0 Å². The molecule has 1 N–H and O–H groups in total. The summed E-state index contributed by atoms with van der Waals surface area (Å²) < 4.78 is 0. The minimum Gasteiger partial charge on any atom is -0.597 e. The molecule has 0 saturated carbocycles. The summed E-state index contributed by atoms with van der Waals surface area (Å²) in [5, 5.41) is 20.8. The van der Waals surface area contributed by atoms with Gasteiger partial charge in [0, 0.05) is 0 Å². The van der Waals surface area contributed by atoms with Gasteiger partial charge in [-0.2, -0.15) is 0 Å². The average molecular weight is 134 g/mol. The van der Waals surface area contributed by atoms with Gasteiger partial charge in [-0.25, -0.2) is 4.79 Å². The predicted octanol–water partition coefficient (Wildman–Crippen LogP) is -0.405. The largest absolute Gasteiger partial charge is 0.597 e. The number of nitrogens with zero attached hydrogens (tertiary/aromatic N) is 2. The first-order chi connectivity index (χ1) is 4.16. The van der Waals surface area contributed by atoms with Crippen LogP contribution in [0, 0.1) is 5.21 Å². The zero-order valence-electron chi connectivity index (χ0n) is 4.77. The number of hydrogen-bond donors (Lipinski definition) is 1. The summed E-state index contributed by atoms with van der Waals surface area (Å²) in [6.07, 6.45) is 0. The molecule has 6 nitrogen and oxygen atoms in total. The third kappa shape index (κ3) is 4.52. The van der Waals surface area contributed by atoms with Gasteiger partial charge in [-0.3, -0.25) is 0 Å². The number of aliphatic carboxylic acids is 1. The molecule has 0 amide bonds. The Morgan fingerprint density at radius 2 is 2.56 bits per heavy atom. The van der Waals surface area contributed by atoms with Crippen molar-refractivity contribution in [3.8, 4) is 0 Å². The maximum absolute atomic E-state index is 10.1. The Morgan fingerprint density at radius 1 is 2.00 bits per heavy atom. The van der Waals surface area contributed by atoms with Crippen molar-refractivity contribution in [2.24, 2.45) is 5.28 Å². The van der Waals surface area contributed by atoms with Crippen LogP contribution in [0.5, 0.6) is 0 Å². The van der Waals surface area contributed by atoms with Gasteiger partial charge >= 0.3 is 5.97 Å². The third-order valence-electron chi connectivity index (χ3n) is 0.443. The molecule has 0 rings (SSSR count). The van der Waals surface area contributed by atoms with Gasteiger partial charge in [0.1, 0.15) is 7.11 Å². The zero-order chi connectivity index (χ0) is 7.28. The van der Waals surface area contributed by atoms with E-state index in [1.54, 1.807) is 0 Å². The number of carboxylic acid groups (broad SMARTS) is 1. The van der Waals surface area contributed by atoms with Gasteiger partial charge in [0.25, 0.3) is 6.54 Å². The second kappa shape index (κ2) is 3.65. The molecular weight excluding hydrogens is 128 g/mol. The SMILES string of the molecule is CON=[N+]([O-])CC(=O)O. The summed E-state index contributed by atoms with van der Waals surface area (Å²) in [5.41, 5.74) is 0. The average Bonchev–Trinajstić information content (AvgIpc) is 1.63. The fourth-order valence-corrected chi connectivity index (χ4v) is 0.236. The number of carbonyl (C=O) groups is 1. The van der Waals surface area contributed by atoms with Crippen LogP contribution in [0.15, 0.2) is 5.28 Å². The Labute approximate surface area is 50.9 Å². The first-order valence-corrected chi connectivity index (χ1v) is 2.07. The van der Waals surface area contributed by atoms with Crippen LogP contribution < -0.4 is 0 Å². The molecule has 0 aliphatic rings. The lowest BCUT2D eigenvalue weighted by Gasteiger charge is -1.92. The second-order valence-corrected chi connectivity index (χ2v) is 1.17. The van der Waals surface area contributed by atoms with E-state index in [2.05, 4.69) is 10.1 Å². The smallest absolute Gasteiger partial charge is 0.373 e. The van der Waals surface area contributed by atoms with Crippen LogP contribution in [-0.2, 0) is 9.63 Å². The normalized spacial score (nSPS) is 11.0. The highest BCUT2D eigenvalue weighted by molar-refractivity contribution is 5.67. The van der Waals surface area contributed by atoms with Crippen molar-refractivity contribution in [1.82, 2.24) is 0 Å². The number of rotatable bonds is 3. The minimum atomic E-state index is -1.24. The van der Waals surface area contributed by atoms with E-state index in [0.29, 0.717) is 0 Å². The van der Waals surface area contributed by atoms with Crippen molar-refractivity contribution in [2.75, 3.05) is 13.7 Å². The molecule has 0 aliphatic heterocycles. The Bertz CT molecular complexity index is 132. The maximum atomic E-state index is 10.1. The summed E-state index contributed by atoms with van der Waals surface area (Å²) in [4.78, 5) is 13.6. The quantitative estimate of drug-likeness (QED) is 0.323. The predicted molar refractivity (Wildman–Crippen MR) is 25.6 cm³/mol. The zero-order valence-corrected chi connectivity index (χ0v) is 4.77. The molecule has 0 fully saturated rings. The first-order valence-electron chi connectivity index (χ1n) is 2.07. The second-order valence-electron chi connectivity index (χ2n) is 1.17. The molecule has 0 bridgehead atoms. The van der Waals surface area contributed by atoms with Crippen molar-refractivity contribution in [3.63, 3.8) is 0 Å². The Hall–Kier alpha value is -1.33. The van der Waals surface area contributed by atoms with Crippen LogP contribution in [0.4, 0.5) is 0 Å². The third-order valence-corrected chi connectivity index (χ3v) is 0.443. The molecule has 0 aromatic heterocycles. The Balaban J connectivity index is 3.62. The lowest BCUT2D eigenvalue weighted by molar-refractivity contribution is -0.548. The summed E-state index contributed by atoms with van der Waals surface area (Å²) in [6, 6.07) is 0. The van der Waals surface area contributed by atoms with Gasteiger partial charge < -0.3 is 15.2 Å². The lowest BCUT2D eigenvalue weighted by Crippen LogP contribution is -2.13. The molecule has 0 heterocycles. The van der Waals surface area contributed by atoms with Crippen LogP contribution in [0.25, 0.3) is 0 Å². The van der Waals surface area contributed by atoms with Crippen molar-refractivity contribution in [2.45, 2.75) is 0 Å². The van der Waals surface area contributed by atoms with Crippen molar-refractivity contribution in [1.29, 1.82) is 0 Å². The molecule has 0 aromatic carbocycles.